The first-order valence-electron chi connectivity index (χ1n) is 12.5. The van der Waals surface area contributed by atoms with E-state index in [9.17, 15) is 14.0 Å². The molecule has 2 heterocycles. The third-order valence-corrected chi connectivity index (χ3v) is 7.02. The van der Waals surface area contributed by atoms with Crippen molar-refractivity contribution in [2.45, 2.75) is 64.2 Å². The standard InChI is InChI=1S/C28H31FN4O2/c29-22-13-11-21(12-14-22)27-31-25-18-32(17-20-7-3-1-4-8-20)16-15-24(25)28(35)33(27)19-26(34)30-23-9-5-2-6-10-23/h1,3-4,7-8,11-14,23H,2,5-6,9-10,15-19H2,(H,30,34). The van der Waals surface area contributed by atoms with Crippen molar-refractivity contribution in [3.8, 4) is 11.4 Å². The van der Waals surface area contributed by atoms with Crippen LogP contribution in [0.25, 0.3) is 11.4 Å². The zero-order valence-corrected chi connectivity index (χ0v) is 19.9. The molecular weight excluding hydrogens is 443 g/mol. The van der Waals surface area contributed by atoms with Crippen molar-refractivity contribution >= 4 is 5.91 Å². The van der Waals surface area contributed by atoms with Crippen LogP contribution in [0.15, 0.2) is 59.4 Å². The minimum absolute atomic E-state index is 0.0872. The minimum atomic E-state index is -0.357. The van der Waals surface area contributed by atoms with Crippen molar-refractivity contribution in [2.75, 3.05) is 6.54 Å². The van der Waals surface area contributed by atoms with Gasteiger partial charge in [0.15, 0.2) is 0 Å². The van der Waals surface area contributed by atoms with Crippen LogP contribution in [0.3, 0.4) is 0 Å². The predicted octanol–water partition coefficient (Wildman–Crippen LogP) is 4.06. The van der Waals surface area contributed by atoms with Crippen LogP contribution in [0.2, 0.25) is 0 Å². The Morgan fingerprint density at radius 3 is 2.51 bits per heavy atom. The van der Waals surface area contributed by atoms with Crippen molar-refractivity contribution in [1.82, 2.24) is 19.8 Å². The summed E-state index contributed by atoms with van der Waals surface area (Å²) in [4.78, 5) is 33.7. The lowest BCUT2D eigenvalue weighted by molar-refractivity contribution is -0.122. The van der Waals surface area contributed by atoms with Gasteiger partial charge in [0.05, 0.1) is 5.69 Å². The van der Waals surface area contributed by atoms with E-state index >= 15 is 0 Å². The summed E-state index contributed by atoms with van der Waals surface area (Å²) in [6, 6.07) is 16.3. The number of nitrogens with zero attached hydrogens (tertiary/aromatic N) is 3. The monoisotopic (exact) mass is 474 g/mol. The number of hydrogen-bond donors (Lipinski definition) is 1. The summed E-state index contributed by atoms with van der Waals surface area (Å²) in [5.74, 6) is -0.121. The highest BCUT2D eigenvalue weighted by Crippen LogP contribution is 2.23. The number of carbonyl (C=O) groups is 1. The fourth-order valence-electron chi connectivity index (χ4n) is 5.19. The molecule has 1 fully saturated rings. The van der Waals surface area contributed by atoms with Gasteiger partial charge in [-0.15, -0.1) is 0 Å². The molecule has 182 valence electrons. The Hall–Kier alpha value is -3.32. The number of rotatable bonds is 6. The highest BCUT2D eigenvalue weighted by atomic mass is 19.1. The molecule has 1 amide bonds. The smallest absolute Gasteiger partial charge is 0.257 e. The quantitative estimate of drug-likeness (QED) is 0.585. The molecule has 2 aliphatic rings. The van der Waals surface area contributed by atoms with Crippen LogP contribution in [0.5, 0.6) is 0 Å². The maximum Gasteiger partial charge on any atom is 0.257 e. The van der Waals surface area contributed by atoms with Crippen LogP contribution in [-0.4, -0.2) is 32.9 Å². The molecule has 0 atom stereocenters. The maximum absolute atomic E-state index is 13.6. The molecular formula is C28H31FN4O2. The van der Waals surface area contributed by atoms with Crippen LogP contribution < -0.4 is 10.9 Å². The van der Waals surface area contributed by atoms with Gasteiger partial charge in [0.2, 0.25) is 5.91 Å². The number of amides is 1. The van der Waals surface area contributed by atoms with Gasteiger partial charge in [-0.1, -0.05) is 49.6 Å². The number of benzene rings is 2. The normalized spacial score (nSPS) is 16.6. The van der Waals surface area contributed by atoms with E-state index in [1.54, 1.807) is 12.1 Å². The number of nitrogens with one attached hydrogen (secondary N) is 1. The topological polar surface area (TPSA) is 67.2 Å². The van der Waals surface area contributed by atoms with Crippen molar-refractivity contribution < 1.29 is 9.18 Å². The zero-order valence-electron chi connectivity index (χ0n) is 19.9. The van der Waals surface area contributed by atoms with E-state index in [0.29, 0.717) is 29.9 Å². The van der Waals surface area contributed by atoms with Gasteiger partial charge < -0.3 is 5.32 Å². The first kappa shape index (κ1) is 23.4. The van der Waals surface area contributed by atoms with E-state index in [-0.39, 0.29) is 29.9 Å². The molecule has 1 aliphatic heterocycles. The average Bonchev–Trinajstić information content (AvgIpc) is 2.87. The first-order valence-corrected chi connectivity index (χ1v) is 12.5. The Bertz CT molecular complexity index is 1230. The molecule has 0 spiro atoms. The van der Waals surface area contributed by atoms with Gasteiger partial charge in [0, 0.05) is 36.8 Å². The summed E-state index contributed by atoms with van der Waals surface area (Å²) in [5.41, 5.74) is 3.07. The number of fused-ring (bicyclic) bond motifs is 1. The van der Waals surface area contributed by atoms with Crippen molar-refractivity contribution in [3.05, 3.63) is 87.6 Å². The molecule has 1 aliphatic carbocycles. The van der Waals surface area contributed by atoms with E-state index in [4.69, 9.17) is 4.98 Å². The summed E-state index contributed by atoms with van der Waals surface area (Å²) in [6.45, 7) is 2.00. The van der Waals surface area contributed by atoms with Gasteiger partial charge >= 0.3 is 0 Å². The van der Waals surface area contributed by atoms with E-state index in [0.717, 1.165) is 44.5 Å². The number of hydrogen-bond acceptors (Lipinski definition) is 4. The summed E-state index contributed by atoms with van der Waals surface area (Å²) < 4.78 is 15.1. The second-order valence-electron chi connectivity index (χ2n) is 9.61. The van der Waals surface area contributed by atoms with Crippen LogP contribution in [-0.2, 0) is 30.8 Å². The second kappa shape index (κ2) is 10.5. The Morgan fingerprint density at radius 2 is 1.77 bits per heavy atom. The molecule has 5 rings (SSSR count). The second-order valence-corrected chi connectivity index (χ2v) is 9.61. The molecule has 0 radical (unpaired) electrons. The summed E-state index contributed by atoms with van der Waals surface area (Å²) in [5, 5.41) is 3.10. The van der Waals surface area contributed by atoms with Gasteiger partial charge in [0.25, 0.3) is 5.56 Å². The molecule has 1 saturated carbocycles. The van der Waals surface area contributed by atoms with Crippen LogP contribution in [0.1, 0.15) is 48.9 Å². The Balaban J connectivity index is 1.45. The zero-order chi connectivity index (χ0) is 24.2. The van der Waals surface area contributed by atoms with Crippen LogP contribution in [0, 0.1) is 5.82 Å². The van der Waals surface area contributed by atoms with E-state index in [1.165, 1.54) is 28.7 Å². The van der Waals surface area contributed by atoms with Gasteiger partial charge in [-0.2, -0.15) is 0 Å². The van der Waals surface area contributed by atoms with Gasteiger partial charge in [-0.25, -0.2) is 9.37 Å². The highest BCUT2D eigenvalue weighted by molar-refractivity contribution is 5.77. The maximum atomic E-state index is 13.6. The Labute approximate surface area is 204 Å². The fraction of sp³-hybridized carbons (Fsp3) is 0.393. The third kappa shape index (κ3) is 5.51. The molecule has 0 saturated heterocycles. The van der Waals surface area contributed by atoms with E-state index < -0.39 is 0 Å². The first-order chi connectivity index (χ1) is 17.1. The van der Waals surface area contributed by atoms with Gasteiger partial charge in [0.1, 0.15) is 18.2 Å². The summed E-state index contributed by atoms with van der Waals surface area (Å²) in [6.07, 6.45) is 5.98. The Kier molecular flexibility index (Phi) is 7.04. The van der Waals surface area contributed by atoms with Crippen molar-refractivity contribution in [3.63, 3.8) is 0 Å². The third-order valence-electron chi connectivity index (χ3n) is 7.02. The van der Waals surface area contributed by atoms with Gasteiger partial charge in [-0.3, -0.25) is 19.1 Å². The molecule has 7 heteroatoms. The minimum Gasteiger partial charge on any atom is -0.352 e. The van der Waals surface area contributed by atoms with E-state index in [1.807, 2.05) is 18.2 Å². The largest absolute Gasteiger partial charge is 0.352 e. The average molecular weight is 475 g/mol. The summed E-state index contributed by atoms with van der Waals surface area (Å²) >= 11 is 0. The molecule has 0 bridgehead atoms. The van der Waals surface area contributed by atoms with Crippen molar-refractivity contribution in [1.29, 1.82) is 0 Å². The molecule has 3 aromatic rings. The van der Waals surface area contributed by atoms with E-state index in [2.05, 4.69) is 22.3 Å². The molecule has 0 unspecified atom stereocenters. The summed E-state index contributed by atoms with van der Waals surface area (Å²) in [7, 11) is 0. The Morgan fingerprint density at radius 1 is 1.03 bits per heavy atom. The fourth-order valence-corrected chi connectivity index (χ4v) is 5.19. The predicted molar refractivity (Wildman–Crippen MR) is 133 cm³/mol. The molecule has 2 aromatic carbocycles. The van der Waals surface area contributed by atoms with Crippen molar-refractivity contribution in [2.24, 2.45) is 0 Å². The van der Waals surface area contributed by atoms with Crippen LogP contribution >= 0.6 is 0 Å². The SMILES string of the molecule is O=C(Cn1c(-c2ccc(F)cc2)nc2c(c1=O)CCN(Cc1ccccc1)C2)NC1CCCCC1. The molecule has 1 aromatic heterocycles. The lowest BCUT2D eigenvalue weighted by Gasteiger charge is -2.29. The molecule has 35 heavy (non-hydrogen) atoms. The van der Waals surface area contributed by atoms with Gasteiger partial charge in [-0.05, 0) is 49.1 Å². The lowest BCUT2D eigenvalue weighted by Crippen LogP contribution is -2.42. The number of aromatic nitrogens is 2. The molecule has 1 N–H and O–H groups in total. The lowest BCUT2D eigenvalue weighted by atomic mass is 9.95. The molecule has 6 nitrogen and oxygen atoms in total. The number of halogens is 1. The van der Waals surface area contributed by atoms with Crippen LogP contribution in [0.4, 0.5) is 4.39 Å². The highest BCUT2D eigenvalue weighted by Gasteiger charge is 2.25. The number of carbonyl (C=O) groups excluding carboxylic acids is 1.